The van der Waals surface area contributed by atoms with E-state index in [0.717, 1.165) is 12.1 Å². The summed E-state index contributed by atoms with van der Waals surface area (Å²) >= 11 is 0. The summed E-state index contributed by atoms with van der Waals surface area (Å²) in [6, 6.07) is 7.68. The van der Waals surface area contributed by atoms with E-state index in [1.54, 1.807) is 0 Å². The number of alkyl halides is 3. The molecule has 32 heavy (non-hydrogen) atoms. The molecule has 6 nitrogen and oxygen atoms in total. The van der Waals surface area contributed by atoms with Crippen molar-refractivity contribution in [2.45, 2.75) is 31.2 Å². The Morgan fingerprint density at radius 1 is 1.16 bits per heavy atom. The molecular weight excluding hydrogens is 430 g/mol. The fourth-order valence-corrected chi connectivity index (χ4v) is 3.80. The van der Waals surface area contributed by atoms with Crippen molar-refractivity contribution in [1.82, 2.24) is 15.6 Å². The summed E-state index contributed by atoms with van der Waals surface area (Å²) in [5.74, 6) is -1.49. The highest BCUT2D eigenvalue weighted by Crippen LogP contribution is 2.36. The fourth-order valence-electron chi connectivity index (χ4n) is 3.80. The molecule has 1 aliphatic rings. The Hall–Kier alpha value is -3.40. The number of benzene rings is 2. The van der Waals surface area contributed by atoms with Gasteiger partial charge in [-0.3, -0.25) is 9.59 Å². The quantitative estimate of drug-likeness (QED) is 0.452. The molecule has 1 fully saturated rings. The number of aliphatic hydroxyl groups is 1. The van der Waals surface area contributed by atoms with Gasteiger partial charge in [0.15, 0.2) is 0 Å². The molecule has 2 atom stereocenters. The lowest BCUT2D eigenvalue weighted by molar-refractivity contribution is -0.137. The molecule has 0 radical (unpaired) electrons. The molecule has 168 valence electrons. The van der Waals surface area contributed by atoms with Gasteiger partial charge in [0, 0.05) is 29.6 Å². The van der Waals surface area contributed by atoms with Gasteiger partial charge in [0.2, 0.25) is 11.8 Å². The van der Waals surface area contributed by atoms with Crippen molar-refractivity contribution in [1.29, 1.82) is 0 Å². The minimum atomic E-state index is -4.54. The third-order valence-electron chi connectivity index (χ3n) is 5.44. The van der Waals surface area contributed by atoms with Crippen LogP contribution in [0, 0.1) is 5.82 Å². The lowest BCUT2D eigenvalue weighted by atomic mass is 9.99. The first-order valence-electron chi connectivity index (χ1n) is 9.86. The molecule has 4 rings (SSSR count). The van der Waals surface area contributed by atoms with E-state index in [-0.39, 0.29) is 19.4 Å². The average Bonchev–Trinajstić information content (AvgIpc) is 3.26. The van der Waals surface area contributed by atoms with Gasteiger partial charge in [0.1, 0.15) is 18.0 Å². The number of H-pyrrole nitrogens is 1. The first-order chi connectivity index (χ1) is 15.1. The molecule has 4 N–H and O–H groups in total. The van der Waals surface area contributed by atoms with E-state index in [1.807, 2.05) is 0 Å². The summed E-state index contributed by atoms with van der Waals surface area (Å²) in [7, 11) is 0. The van der Waals surface area contributed by atoms with Crippen molar-refractivity contribution in [3.05, 3.63) is 59.4 Å². The Morgan fingerprint density at radius 2 is 1.88 bits per heavy atom. The predicted molar refractivity (Wildman–Crippen MR) is 108 cm³/mol. The molecule has 3 aromatic rings. The van der Waals surface area contributed by atoms with Crippen LogP contribution in [0.5, 0.6) is 0 Å². The first-order valence-corrected chi connectivity index (χ1v) is 9.86. The number of halogens is 4. The van der Waals surface area contributed by atoms with E-state index < -0.39 is 41.5 Å². The Kier molecular flexibility index (Phi) is 5.64. The number of rotatable bonds is 5. The topological polar surface area (TPSA) is 94.2 Å². The third-order valence-corrected chi connectivity index (χ3v) is 5.44. The third kappa shape index (κ3) is 4.31. The molecule has 0 bridgehead atoms. The number of hydrogen-bond donors (Lipinski definition) is 4. The first kappa shape index (κ1) is 21.8. The highest BCUT2D eigenvalue weighted by atomic mass is 19.4. The zero-order valence-corrected chi connectivity index (χ0v) is 16.6. The number of hydrogen-bond acceptors (Lipinski definition) is 3. The number of aryl methyl sites for hydroxylation is 1. The normalized spacial score (nSPS) is 18.7. The van der Waals surface area contributed by atoms with Crippen molar-refractivity contribution in [2.75, 3.05) is 6.54 Å². The van der Waals surface area contributed by atoms with Gasteiger partial charge in [-0.25, -0.2) is 4.39 Å². The fraction of sp³-hybridized carbons (Fsp3) is 0.273. The molecule has 0 aliphatic carbocycles. The van der Waals surface area contributed by atoms with Gasteiger partial charge in [0.05, 0.1) is 5.56 Å². The molecule has 2 aromatic carbocycles. The summed E-state index contributed by atoms with van der Waals surface area (Å²) in [5.41, 5.74) is 1.11. The summed E-state index contributed by atoms with van der Waals surface area (Å²) in [4.78, 5) is 27.2. The monoisotopic (exact) mass is 449 g/mol. The molecule has 0 spiro atoms. The zero-order chi connectivity index (χ0) is 23.0. The lowest BCUT2D eigenvalue weighted by Gasteiger charge is -2.14. The van der Waals surface area contributed by atoms with Crippen molar-refractivity contribution >= 4 is 22.7 Å². The van der Waals surface area contributed by atoms with Crippen LogP contribution in [0.15, 0.2) is 42.5 Å². The Bertz CT molecular complexity index is 1170. The van der Waals surface area contributed by atoms with Crippen LogP contribution >= 0.6 is 0 Å². The number of aromatic nitrogens is 1. The van der Waals surface area contributed by atoms with Crippen LogP contribution in [-0.4, -0.2) is 40.6 Å². The van der Waals surface area contributed by atoms with E-state index in [9.17, 15) is 32.3 Å². The minimum absolute atomic E-state index is 0.0289. The Labute approximate surface area is 179 Å². The number of fused-ring (bicyclic) bond motifs is 1. The number of carbonyl (C=O) groups excluding carboxylic acids is 2. The average molecular weight is 449 g/mol. The van der Waals surface area contributed by atoms with Gasteiger partial charge in [0.25, 0.3) is 0 Å². The van der Waals surface area contributed by atoms with Gasteiger partial charge in [-0.2, -0.15) is 13.2 Å². The van der Waals surface area contributed by atoms with Gasteiger partial charge >= 0.3 is 6.18 Å². The van der Waals surface area contributed by atoms with Gasteiger partial charge in [-0.05, 0) is 60.0 Å². The molecule has 1 aromatic heterocycles. The highest BCUT2D eigenvalue weighted by Gasteiger charge is 2.34. The van der Waals surface area contributed by atoms with Crippen LogP contribution < -0.4 is 10.6 Å². The van der Waals surface area contributed by atoms with Crippen LogP contribution in [0.3, 0.4) is 0 Å². The number of carbonyl (C=O) groups is 2. The van der Waals surface area contributed by atoms with Gasteiger partial charge in [-0.1, -0.05) is 0 Å². The second-order valence-electron chi connectivity index (χ2n) is 7.60. The van der Waals surface area contributed by atoms with E-state index in [4.69, 9.17) is 0 Å². The SMILES string of the molecule is O=C(CCc1c(-c2ccc(F)cc2)[nH]c2ccc(C(F)(F)F)cc12)N[C@@H]1C(=O)NC[C@H]1O. The molecule has 2 amide bonds. The van der Waals surface area contributed by atoms with Crippen LogP contribution in [0.1, 0.15) is 17.5 Å². The van der Waals surface area contributed by atoms with Crippen LogP contribution in [0.4, 0.5) is 17.6 Å². The van der Waals surface area contributed by atoms with E-state index in [0.29, 0.717) is 27.7 Å². The van der Waals surface area contributed by atoms with Crippen molar-refractivity contribution in [3.8, 4) is 11.3 Å². The van der Waals surface area contributed by atoms with Gasteiger partial charge < -0.3 is 20.7 Å². The van der Waals surface area contributed by atoms with Crippen molar-refractivity contribution in [3.63, 3.8) is 0 Å². The molecule has 0 saturated carbocycles. The molecule has 0 unspecified atom stereocenters. The number of β-amino-alcohol motifs (C(OH)–C–C–N with tert-alkyl or cyclic N) is 1. The Morgan fingerprint density at radius 3 is 2.50 bits per heavy atom. The molecule has 2 heterocycles. The van der Waals surface area contributed by atoms with E-state index in [2.05, 4.69) is 15.6 Å². The van der Waals surface area contributed by atoms with Crippen LogP contribution in [-0.2, 0) is 22.2 Å². The van der Waals surface area contributed by atoms with Gasteiger partial charge in [-0.15, -0.1) is 0 Å². The summed E-state index contributed by atoms with van der Waals surface area (Å²) in [5, 5.41) is 15.0. The number of aliphatic hydroxyl groups excluding tert-OH is 1. The minimum Gasteiger partial charge on any atom is -0.389 e. The van der Waals surface area contributed by atoms with E-state index in [1.165, 1.54) is 30.3 Å². The number of amides is 2. The zero-order valence-electron chi connectivity index (χ0n) is 16.6. The summed E-state index contributed by atoms with van der Waals surface area (Å²) in [6.07, 6.45) is -5.66. The molecular formula is C22H19F4N3O3. The smallest absolute Gasteiger partial charge is 0.389 e. The number of aromatic amines is 1. The standard InChI is InChI=1S/C22H19F4N3O3/c23-13-4-1-11(2-5-13)19-14(6-8-18(31)29-20-17(30)10-27-21(20)32)15-9-12(22(24,25)26)3-7-16(15)28-19/h1-5,7,9,17,20,28,30H,6,8,10H2,(H,27,32)(H,29,31)/t17-,20+/m1/s1. The summed E-state index contributed by atoms with van der Waals surface area (Å²) in [6.45, 7) is 0.0289. The molecule has 1 aliphatic heterocycles. The van der Waals surface area contributed by atoms with Crippen LogP contribution in [0.25, 0.3) is 22.2 Å². The van der Waals surface area contributed by atoms with Crippen molar-refractivity contribution < 1.29 is 32.3 Å². The van der Waals surface area contributed by atoms with E-state index >= 15 is 0 Å². The number of nitrogens with one attached hydrogen (secondary N) is 3. The maximum absolute atomic E-state index is 13.4. The molecule has 10 heteroatoms. The lowest BCUT2D eigenvalue weighted by Crippen LogP contribution is -2.45. The maximum Gasteiger partial charge on any atom is 0.416 e. The highest BCUT2D eigenvalue weighted by molar-refractivity contribution is 5.93. The largest absolute Gasteiger partial charge is 0.416 e. The maximum atomic E-state index is 13.4. The Balaban J connectivity index is 1.66. The summed E-state index contributed by atoms with van der Waals surface area (Å²) < 4.78 is 53.1. The molecule has 1 saturated heterocycles. The van der Waals surface area contributed by atoms with Crippen molar-refractivity contribution in [2.24, 2.45) is 0 Å². The van der Waals surface area contributed by atoms with Crippen LogP contribution in [0.2, 0.25) is 0 Å². The predicted octanol–water partition coefficient (Wildman–Crippen LogP) is 2.90. The second kappa shape index (κ2) is 8.27. The second-order valence-corrected chi connectivity index (χ2v) is 7.60.